The van der Waals surface area contributed by atoms with E-state index in [1.807, 2.05) is 18.2 Å². The summed E-state index contributed by atoms with van der Waals surface area (Å²) in [5, 5.41) is 0. The molecule has 134 valence electrons. The number of halogens is 1. The Morgan fingerprint density at radius 3 is 2.44 bits per heavy atom. The van der Waals surface area contributed by atoms with Gasteiger partial charge < -0.3 is 4.90 Å². The first-order chi connectivity index (χ1) is 12.0. The van der Waals surface area contributed by atoms with Crippen LogP contribution in [0.5, 0.6) is 0 Å². The SMILES string of the molecule is CNS(=O)(=O)c1ccccc1N1CCN(Cc2cccc(Br)c2)CC1. The maximum absolute atomic E-state index is 12.2. The molecule has 0 aliphatic carbocycles. The van der Waals surface area contributed by atoms with E-state index in [0.29, 0.717) is 4.90 Å². The molecule has 5 nitrogen and oxygen atoms in total. The van der Waals surface area contributed by atoms with Gasteiger partial charge in [0.15, 0.2) is 0 Å². The summed E-state index contributed by atoms with van der Waals surface area (Å²) >= 11 is 3.51. The molecule has 7 heteroatoms. The largest absolute Gasteiger partial charge is 0.368 e. The zero-order valence-corrected chi connectivity index (χ0v) is 16.6. The molecule has 1 aliphatic heterocycles. The molecule has 1 aliphatic rings. The van der Waals surface area contributed by atoms with E-state index in [0.717, 1.165) is 42.9 Å². The number of piperazine rings is 1. The molecule has 1 fully saturated rings. The molecule has 1 heterocycles. The summed E-state index contributed by atoms with van der Waals surface area (Å²) in [5.74, 6) is 0. The van der Waals surface area contributed by atoms with Crippen molar-refractivity contribution in [2.75, 3.05) is 38.1 Å². The van der Waals surface area contributed by atoms with Gasteiger partial charge in [0.2, 0.25) is 10.0 Å². The lowest BCUT2D eigenvalue weighted by Gasteiger charge is -2.36. The molecule has 2 aromatic rings. The number of hydrogen-bond acceptors (Lipinski definition) is 4. The molecule has 0 aromatic heterocycles. The third-order valence-electron chi connectivity index (χ3n) is 4.43. The van der Waals surface area contributed by atoms with Gasteiger partial charge in [0, 0.05) is 37.2 Å². The third kappa shape index (κ3) is 4.41. The highest BCUT2D eigenvalue weighted by Crippen LogP contribution is 2.26. The van der Waals surface area contributed by atoms with Crippen molar-refractivity contribution < 1.29 is 8.42 Å². The van der Waals surface area contributed by atoms with Gasteiger partial charge in [-0.25, -0.2) is 13.1 Å². The van der Waals surface area contributed by atoms with Gasteiger partial charge in [0.1, 0.15) is 4.90 Å². The van der Waals surface area contributed by atoms with Gasteiger partial charge in [-0.2, -0.15) is 0 Å². The maximum Gasteiger partial charge on any atom is 0.242 e. The van der Waals surface area contributed by atoms with Crippen LogP contribution in [0.1, 0.15) is 5.56 Å². The summed E-state index contributed by atoms with van der Waals surface area (Å²) in [6.45, 7) is 4.33. The number of rotatable bonds is 5. The van der Waals surface area contributed by atoms with Crippen LogP contribution >= 0.6 is 15.9 Å². The molecule has 0 spiro atoms. The Labute approximate surface area is 157 Å². The first-order valence-corrected chi connectivity index (χ1v) is 10.5. The Balaban J connectivity index is 1.69. The minimum absolute atomic E-state index is 0.345. The fraction of sp³-hybridized carbons (Fsp3) is 0.333. The lowest BCUT2D eigenvalue weighted by Crippen LogP contribution is -2.46. The Bertz CT molecular complexity index is 834. The summed E-state index contributed by atoms with van der Waals surface area (Å²) in [4.78, 5) is 4.90. The van der Waals surface area contributed by atoms with Crippen LogP contribution in [0.3, 0.4) is 0 Å². The van der Waals surface area contributed by atoms with Crippen molar-refractivity contribution in [2.24, 2.45) is 0 Å². The van der Waals surface area contributed by atoms with Crippen LogP contribution in [0, 0.1) is 0 Å². The highest BCUT2D eigenvalue weighted by molar-refractivity contribution is 9.10. The van der Waals surface area contributed by atoms with Crippen molar-refractivity contribution in [1.82, 2.24) is 9.62 Å². The topological polar surface area (TPSA) is 52.7 Å². The maximum atomic E-state index is 12.2. The van der Waals surface area contributed by atoms with Gasteiger partial charge in [0.05, 0.1) is 5.69 Å². The minimum atomic E-state index is -3.46. The molecule has 0 unspecified atom stereocenters. The summed E-state index contributed by atoms with van der Waals surface area (Å²) < 4.78 is 28.0. The van der Waals surface area contributed by atoms with E-state index in [1.54, 1.807) is 12.1 Å². The Hall–Kier alpha value is -1.41. The average molecular weight is 424 g/mol. The zero-order valence-electron chi connectivity index (χ0n) is 14.2. The van der Waals surface area contributed by atoms with Crippen LogP contribution in [0.25, 0.3) is 0 Å². The van der Waals surface area contributed by atoms with Gasteiger partial charge in [-0.15, -0.1) is 0 Å². The zero-order chi connectivity index (χ0) is 17.9. The van der Waals surface area contributed by atoms with Gasteiger partial charge in [0.25, 0.3) is 0 Å². The van der Waals surface area contributed by atoms with Crippen molar-refractivity contribution in [1.29, 1.82) is 0 Å². The van der Waals surface area contributed by atoms with E-state index >= 15 is 0 Å². The van der Waals surface area contributed by atoms with Crippen molar-refractivity contribution >= 4 is 31.6 Å². The normalized spacial score (nSPS) is 16.2. The molecule has 25 heavy (non-hydrogen) atoms. The number of hydrogen-bond donors (Lipinski definition) is 1. The van der Waals surface area contributed by atoms with Crippen LogP contribution in [0.2, 0.25) is 0 Å². The lowest BCUT2D eigenvalue weighted by molar-refractivity contribution is 0.249. The second kappa shape index (κ2) is 7.86. The smallest absolute Gasteiger partial charge is 0.242 e. The van der Waals surface area contributed by atoms with Crippen molar-refractivity contribution in [2.45, 2.75) is 11.4 Å². The van der Waals surface area contributed by atoms with Crippen LogP contribution in [0.15, 0.2) is 57.9 Å². The predicted molar refractivity (Wildman–Crippen MR) is 104 cm³/mol. The number of nitrogens with zero attached hydrogens (tertiary/aromatic N) is 2. The molecule has 0 amide bonds. The first-order valence-electron chi connectivity index (χ1n) is 8.24. The molecule has 1 N–H and O–H groups in total. The van der Waals surface area contributed by atoms with Crippen molar-refractivity contribution in [3.8, 4) is 0 Å². The van der Waals surface area contributed by atoms with Gasteiger partial charge in [-0.3, -0.25) is 4.90 Å². The molecular weight excluding hydrogens is 402 g/mol. The monoisotopic (exact) mass is 423 g/mol. The first kappa shape index (κ1) is 18.4. The Morgan fingerprint density at radius 2 is 1.76 bits per heavy atom. The number of nitrogens with one attached hydrogen (secondary N) is 1. The van der Waals surface area contributed by atoms with E-state index in [1.165, 1.54) is 12.6 Å². The Morgan fingerprint density at radius 1 is 1.04 bits per heavy atom. The van der Waals surface area contributed by atoms with Gasteiger partial charge in [-0.05, 0) is 36.9 Å². The van der Waals surface area contributed by atoms with E-state index < -0.39 is 10.0 Å². The average Bonchev–Trinajstić information content (AvgIpc) is 2.62. The molecule has 2 aromatic carbocycles. The molecule has 3 rings (SSSR count). The Kier molecular flexibility index (Phi) is 5.78. The fourth-order valence-corrected chi connectivity index (χ4v) is 4.49. The predicted octanol–water partition coefficient (Wildman–Crippen LogP) is 2.68. The highest BCUT2D eigenvalue weighted by Gasteiger charge is 2.23. The second-order valence-corrected chi connectivity index (χ2v) is 8.84. The number of para-hydroxylation sites is 1. The van der Waals surface area contributed by atoms with Crippen molar-refractivity contribution in [3.05, 3.63) is 58.6 Å². The minimum Gasteiger partial charge on any atom is -0.368 e. The van der Waals surface area contributed by atoms with E-state index in [4.69, 9.17) is 0 Å². The number of sulfonamides is 1. The van der Waals surface area contributed by atoms with Crippen LogP contribution in [-0.2, 0) is 16.6 Å². The molecule has 0 atom stereocenters. The summed E-state index contributed by atoms with van der Waals surface area (Å²) in [7, 11) is -2.01. The van der Waals surface area contributed by atoms with E-state index in [-0.39, 0.29) is 0 Å². The second-order valence-electron chi connectivity index (χ2n) is 6.07. The molecular formula is C18H22BrN3O2S. The third-order valence-corrected chi connectivity index (χ3v) is 6.39. The molecule has 1 saturated heterocycles. The molecule has 0 radical (unpaired) electrons. The molecule has 0 bridgehead atoms. The number of benzene rings is 2. The standard InChI is InChI=1S/C18H22BrN3O2S/c1-20-25(23,24)18-8-3-2-7-17(18)22-11-9-21(10-12-22)14-15-5-4-6-16(19)13-15/h2-8,13,20H,9-12,14H2,1H3. The van der Waals surface area contributed by atoms with Crippen molar-refractivity contribution in [3.63, 3.8) is 0 Å². The summed E-state index contributed by atoms with van der Waals surface area (Å²) in [5.41, 5.74) is 2.06. The molecule has 0 saturated carbocycles. The van der Waals surface area contributed by atoms with Crippen LogP contribution in [-0.4, -0.2) is 46.5 Å². The van der Waals surface area contributed by atoms with Gasteiger partial charge >= 0.3 is 0 Å². The van der Waals surface area contributed by atoms with Gasteiger partial charge in [-0.1, -0.05) is 40.2 Å². The van der Waals surface area contributed by atoms with E-state index in [2.05, 4.69) is 48.7 Å². The summed E-state index contributed by atoms with van der Waals surface area (Å²) in [6.07, 6.45) is 0. The quantitative estimate of drug-likeness (QED) is 0.802. The number of anilines is 1. The highest BCUT2D eigenvalue weighted by atomic mass is 79.9. The van der Waals surface area contributed by atoms with Crippen LogP contribution < -0.4 is 9.62 Å². The van der Waals surface area contributed by atoms with Crippen LogP contribution in [0.4, 0.5) is 5.69 Å². The van der Waals surface area contributed by atoms with E-state index in [9.17, 15) is 8.42 Å². The lowest BCUT2D eigenvalue weighted by atomic mass is 10.2. The summed E-state index contributed by atoms with van der Waals surface area (Å²) in [6, 6.07) is 15.5. The fourth-order valence-electron chi connectivity index (χ4n) is 3.10.